The molecule has 0 unspecified atom stereocenters. The molecular formula is C12H18N4. The molecule has 1 saturated carbocycles. The van der Waals surface area contributed by atoms with Crippen LogP contribution in [0.1, 0.15) is 25.0 Å². The smallest absolute Gasteiger partial charge is 0.0635 e. The second kappa shape index (κ2) is 5.13. The van der Waals surface area contributed by atoms with Crippen LogP contribution in [0.3, 0.4) is 0 Å². The third kappa shape index (κ3) is 2.83. The van der Waals surface area contributed by atoms with E-state index in [4.69, 9.17) is 5.26 Å². The first-order valence-electron chi connectivity index (χ1n) is 5.89. The predicted molar refractivity (Wildman–Crippen MR) is 61.7 cm³/mol. The van der Waals surface area contributed by atoms with E-state index in [0.717, 1.165) is 25.6 Å². The molecule has 1 aliphatic carbocycles. The Morgan fingerprint density at radius 3 is 2.94 bits per heavy atom. The molecule has 2 rings (SSSR count). The number of aryl methyl sites for hydroxylation is 1. The van der Waals surface area contributed by atoms with Gasteiger partial charge in [-0.15, -0.1) is 0 Å². The highest BCUT2D eigenvalue weighted by Gasteiger charge is 2.28. The van der Waals surface area contributed by atoms with Crippen molar-refractivity contribution in [2.75, 3.05) is 13.1 Å². The number of rotatable bonds is 6. The first-order chi connectivity index (χ1) is 7.81. The van der Waals surface area contributed by atoms with Gasteiger partial charge in [-0.1, -0.05) is 0 Å². The summed E-state index contributed by atoms with van der Waals surface area (Å²) in [5, 5.41) is 12.8. The quantitative estimate of drug-likeness (QED) is 0.723. The molecule has 0 aromatic carbocycles. The first-order valence-corrected chi connectivity index (χ1v) is 5.89. The van der Waals surface area contributed by atoms with Crippen LogP contribution in [0.2, 0.25) is 0 Å². The minimum atomic E-state index is 0.641. The van der Waals surface area contributed by atoms with Gasteiger partial charge in [0.1, 0.15) is 0 Å². The zero-order valence-electron chi connectivity index (χ0n) is 9.76. The van der Waals surface area contributed by atoms with Crippen molar-refractivity contribution in [1.82, 2.24) is 14.7 Å². The van der Waals surface area contributed by atoms with E-state index in [0.29, 0.717) is 6.42 Å². The number of hydrogen-bond donors (Lipinski definition) is 0. The van der Waals surface area contributed by atoms with Gasteiger partial charge in [-0.05, 0) is 18.9 Å². The van der Waals surface area contributed by atoms with Gasteiger partial charge in [0.2, 0.25) is 0 Å². The van der Waals surface area contributed by atoms with E-state index in [-0.39, 0.29) is 0 Å². The standard InChI is InChI=1S/C12H18N4/c1-15-11(5-8-14-15)6-10-16(9-2-7-13)12-3-4-12/h5,8,12H,2-4,6,9-10H2,1H3. The van der Waals surface area contributed by atoms with Crippen LogP contribution in [0.25, 0.3) is 0 Å². The lowest BCUT2D eigenvalue weighted by Gasteiger charge is -2.20. The zero-order valence-corrected chi connectivity index (χ0v) is 9.76. The van der Waals surface area contributed by atoms with E-state index >= 15 is 0 Å². The van der Waals surface area contributed by atoms with E-state index in [9.17, 15) is 0 Å². The molecule has 4 heteroatoms. The topological polar surface area (TPSA) is 44.9 Å². The molecule has 4 nitrogen and oxygen atoms in total. The average molecular weight is 218 g/mol. The minimum Gasteiger partial charge on any atom is -0.299 e. The molecule has 1 aromatic rings. The molecule has 0 bridgehead atoms. The Kier molecular flexibility index (Phi) is 3.58. The van der Waals surface area contributed by atoms with Gasteiger partial charge in [0.25, 0.3) is 0 Å². The van der Waals surface area contributed by atoms with E-state index in [1.54, 1.807) is 0 Å². The van der Waals surface area contributed by atoms with Gasteiger partial charge in [-0.3, -0.25) is 9.58 Å². The summed E-state index contributed by atoms with van der Waals surface area (Å²) in [4.78, 5) is 2.44. The molecule has 86 valence electrons. The summed E-state index contributed by atoms with van der Waals surface area (Å²) in [6.07, 6.45) is 6.11. The van der Waals surface area contributed by atoms with E-state index in [1.165, 1.54) is 18.5 Å². The largest absolute Gasteiger partial charge is 0.299 e. The maximum atomic E-state index is 8.62. The SMILES string of the molecule is Cn1nccc1CCN(CCC#N)C1CC1. The van der Waals surface area contributed by atoms with Crippen molar-refractivity contribution < 1.29 is 0 Å². The lowest BCUT2D eigenvalue weighted by Crippen LogP contribution is -2.29. The van der Waals surface area contributed by atoms with Crippen LogP contribution in [0.5, 0.6) is 0 Å². The van der Waals surface area contributed by atoms with Gasteiger partial charge >= 0.3 is 0 Å². The number of aromatic nitrogens is 2. The fourth-order valence-corrected chi connectivity index (χ4v) is 2.01. The highest BCUT2D eigenvalue weighted by Crippen LogP contribution is 2.26. The maximum Gasteiger partial charge on any atom is 0.0635 e. The van der Waals surface area contributed by atoms with Crippen molar-refractivity contribution >= 4 is 0 Å². The maximum absolute atomic E-state index is 8.62. The van der Waals surface area contributed by atoms with Gasteiger partial charge in [-0.2, -0.15) is 10.4 Å². The van der Waals surface area contributed by atoms with E-state index in [2.05, 4.69) is 22.1 Å². The van der Waals surface area contributed by atoms with Crippen molar-refractivity contribution in [3.05, 3.63) is 18.0 Å². The Hall–Kier alpha value is -1.34. The fourth-order valence-electron chi connectivity index (χ4n) is 2.01. The molecule has 0 amide bonds. The van der Waals surface area contributed by atoms with Crippen molar-refractivity contribution in [2.45, 2.75) is 31.7 Å². The normalized spacial score (nSPS) is 15.3. The molecule has 0 radical (unpaired) electrons. The predicted octanol–water partition coefficient (Wildman–Crippen LogP) is 1.34. The Bertz CT molecular complexity index is 373. The monoisotopic (exact) mass is 218 g/mol. The summed E-state index contributed by atoms with van der Waals surface area (Å²) in [6, 6.07) is 5.03. The fraction of sp³-hybridized carbons (Fsp3) is 0.667. The van der Waals surface area contributed by atoms with Gasteiger partial charge in [0.05, 0.1) is 6.07 Å². The van der Waals surface area contributed by atoms with E-state index in [1.807, 2.05) is 17.9 Å². The summed E-state index contributed by atoms with van der Waals surface area (Å²) < 4.78 is 1.93. The summed E-state index contributed by atoms with van der Waals surface area (Å²) in [7, 11) is 1.98. The molecule has 0 spiro atoms. The summed E-state index contributed by atoms with van der Waals surface area (Å²) in [5.41, 5.74) is 1.27. The Balaban J connectivity index is 1.82. The van der Waals surface area contributed by atoms with E-state index < -0.39 is 0 Å². The van der Waals surface area contributed by atoms with Gasteiger partial charge in [-0.25, -0.2) is 0 Å². The molecule has 1 aliphatic rings. The average Bonchev–Trinajstić information content (AvgIpc) is 3.04. The molecule has 1 fully saturated rings. The van der Waals surface area contributed by atoms with Gasteiger partial charge in [0, 0.05) is 50.9 Å². The van der Waals surface area contributed by atoms with Crippen LogP contribution in [-0.4, -0.2) is 33.8 Å². The molecule has 0 aliphatic heterocycles. The van der Waals surface area contributed by atoms with Crippen molar-refractivity contribution in [3.63, 3.8) is 0 Å². The number of nitrogens with zero attached hydrogens (tertiary/aromatic N) is 4. The highest BCUT2D eigenvalue weighted by atomic mass is 15.3. The van der Waals surface area contributed by atoms with Crippen molar-refractivity contribution in [2.24, 2.45) is 7.05 Å². The molecular weight excluding hydrogens is 200 g/mol. The molecule has 1 heterocycles. The van der Waals surface area contributed by atoms with Crippen LogP contribution in [0, 0.1) is 11.3 Å². The third-order valence-corrected chi connectivity index (χ3v) is 3.15. The van der Waals surface area contributed by atoms with Crippen LogP contribution >= 0.6 is 0 Å². The van der Waals surface area contributed by atoms with Crippen LogP contribution < -0.4 is 0 Å². The summed E-state index contributed by atoms with van der Waals surface area (Å²) in [6.45, 7) is 1.96. The minimum absolute atomic E-state index is 0.641. The van der Waals surface area contributed by atoms with Gasteiger partial charge in [0.15, 0.2) is 0 Å². The third-order valence-electron chi connectivity index (χ3n) is 3.15. The molecule has 1 aromatic heterocycles. The zero-order chi connectivity index (χ0) is 11.4. The Morgan fingerprint density at radius 2 is 2.38 bits per heavy atom. The van der Waals surface area contributed by atoms with Crippen molar-refractivity contribution in [3.8, 4) is 6.07 Å². The lowest BCUT2D eigenvalue weighted by atomic mass is 10.2. The van der Waals surface area contributed by atoms with Crippen molar-refractivity contribution in [1.29, 1.82) is 5.26 Å². The molecule has 0 N–H and O–H groups in total. The first kappa shape index (κ1) is 11.2. The highest BCUT2D eigenvalue weighted by molar-refractivity contribution is 5.01. The second-order valence-corrected chi connectivity index (χ2v) is 4.37. The van der Waals surface area contributed by atoms with Crippen LogP contribution in [-0.2, 0) is 13.5 Å². The number of hydrogen-bond acceptors (Lipinski definition) is 3. The van der Waals surface area contributed by atoms with Crippen LogP contribution in [0.4, 0.5) is 0 Å². The summed E-state index contributed by atoms with van der Waals surface area (Å²) in [5.74, 6) is 0. The van der Waals surface area contributed by atoms with Crippen LogP contribution in [0.15, 0.2) is 12.3 Å². The lowest BCUT2D eigenvalue weighted by molar-refractivity contribution is 0.271. The van der Waals surface area contributed by atoms with Gasteiger partial charge < -0.3 is 0 Å². The summed E-state index contributed by atoms with van der Waals surface area (Å²) >= 11 is 0. The number of nitriles is 1. The molecule has 0 atom stereocenters. The molecule has 16 heavy (non-hydrogen) atoms. The second-order valence-electron chi connectivity index (χ2n) is 4.37. The Morgan fingerprint density at radius 1 is 1.56 bits per heavy atom. The molecule has 0 saturated heterocycles. The Labute approximate surface area is 96.5 Å².